The average Bonchev–Trinajstić information content (AvgIpc) is 3.28. The Bertz CT molecular complexity index is 981. The van der Waals surface area contributed by atoms with Gasteiger partial charge in [0.1, 0.15) is 5.01 Å². The average molecular weight is 392 g/mol. The predicted octanol–water partition coefficient (Wildman–Crippen LogP) is 4.80. The fourth-order valence-electron chi connectivity index (χ4n) is 4.69. The summed E-state index contributed by atoms with van der Waals surface area (Å²) < 4.78 is 1.23. The summed E-state index contributed by atoms with van der Waals surface area (Å²) in [5, 5.41) is 1.16. The first-order valence-corrected chi connectivity index (χ1v) is 11.0. The fourth-order valence-corrected chi connectivity index (χ4v) is 5.83. The van der Waals surface area contributed by atoms with E-state index in [1.54, 1.807) is 11.3 Å². The normalized spacial score (nSPS) is 22.5. The summed E-state index contributed by atoms with van der Waals surface area (Å²) >= 11 is 1.78. The molecule has 5 heteroatoms. The van der Waals surface area contributed by atoms with Crippen molar-refractivity contribution in [2.45, 2.75) is 44.7 Å². The van der Waals surface area contributed by atoms with Gasteiger partial charge in [-0.1, -0.05) is 36.8 Å². The molecule has 3 heterocycles. The van der Waals surface area contributed by atoms with Gasteiger partial charge in [-0.15, -0.1) is 11.3 Å². The molecule has 1 saturated heterocycles. The number of benzene rings is 2. The van der Waals surface area contributed by atoms with E-state index in [0.29, 0.717) is 6.54 Å². The van der Waals surface area contributed by atoms with E-state index in [1.165, 1.54) is 16.7 Å². The van der Waals surface area contributed by atoms with Crippen molar-refractivity contribution in [3.63, 3.8) is 0 Å². The summed E-state index contributed by atoms with van der Waals surface area (Å²) in [6.07, 6.45) is 4.39. The molecule has 2 aliphatic heterocycles. The molecule has 0 saturated carbocycles. The number of anilines is 1. The number of likely N-dealkylation sites (tertiary alicyclic amines) is 1. The van der Waals surface area contributed by atoms with E-state index in [-0.39, 0.29) is 18.0 Å². The number of nitrogens with zero attached hydrogens (tertiary/aromatic N) is 3. The van der Waals surface area contributed by atoms with Gasteiger partial charge >= 0.3 is 0 Å². The molecule has 0 bridgehead atoms. The van der Waals surface area contributed by atoms with Crippen molar-refractivity contribution in [2.75, 3.05) is 18.0 Å². The minimum atomic E-state index is 0.213. The Morgan fingerprint density at radius 3 is 2.86 bits per heavy atom. The standard InChI is InChI=1S/C23H25N3OS/c1-16-14-17-8-2-4-10-19(17)26(16)22(27)15-25-13-7-6-11-20(25)23-24-18-9-3-5-12-21(18)28-23/h2-5,8-10,12,16,20H,6-7,11,13-15H2,1H3/t16-,20+/m1/s1. The van der Waals surface area contributed by atoms with E-state index < -0.39 is 0 Å². The van der Waals surface area contributed by atoms with E-state index in [0.717, 1.165) is 42.0 Å². The Balaban J connectivity index is 1.39. The molecular formula is C23H25N3OS. The molecule has 2 atom stereocenters. The number of para-hydroxylation sites is 2. The highest BCUT2D eigenvalue weighted by molar-refractivity contribution is 7.18. The topological polar surface area (TPSA) is 36.4 Å². The number of carbonyl (C=O) groups excluding carboxylic acids is 1. The number of fused-ring (bicyclic) bond motifs is 2. The summed E-state index contributed by atoms with van der Waals surface area (Å²) in [5.41, 5.74) is 3.44. The zero-order valence-electron chi connectivity index (χ0n) is 16.2. The Labute approximate surface area is 169 Å². The number of rotatable bonds is 3. The monoisotopic (exact) mass is 391 g/mol. The van der Waals surface area contributed by atoms with Crippen LogP contribution in [0.15, 0.2) is 48.5 Å². The smallest absolute Gasteiger partial charge is 0.241 e. The lowest BCUT2D eigenvalue weighted by Crippen LogP contribution is -2.45. The molecule has 1 fully saturated rings. The van der Waals surface area contributed by atoms with Crippen LogP contribution in [0.5, 0.6) is 0 Å². The minimum Gasteiger partial charge on any atom is -0.308 e. The maximum absolute atomic E-state index is 13.3. The third kappa shape index (κ3) is 3.12. The Kier molecular flexibility index (Phi) is 4.65. The summed E-state index contributed by atoms with van der Waals surface area (Å²) in [6.45, 7) is 3.59. The Morgan fingerprint density at radius 1 is 1.14 bits per heavy atom. The first kappa shape index (κ1) is 17.8. The highest BCUT2D eigenvalue weighted by atomic mass is 32.1. The van der Waals surface area contributed by atoms with Crippen LogP contribution in [0.3, 0.4) is 0 Å². The highest BCUT2D eigenvalue weighted by Gasteiger charge is 2.34. The molecule has 5 rings (SSSR count). The lowest BCUT2D eigenvalue weighted by atomic mass is 10.0. The third-order valence-electron chi connectivity index (χ3n) is 6.02. The van der Waals surface area contributed by atoms with Crippen LogP contribution >= 0.6 is 11.3 Å². The molecule has 28 heavy (non-hydrogen) atoms. The fraction of sp³-hybridized carbons (Fsp3) is 0.391. The molecule has 0 aliphatic carbocycles. The molecule has 3 aromatic rings. The zero-order valence-corrected chi connectivity index (χ0v) is 17.0. The van der Waals surface area contributed by atoms with Gasteiger partial charge in [0.05, 0.1) is 22.8 Å². The lowest BCUT2D eigenvalue weighted by Gasteiger charge is -2.35. The maximum Gasteiger partial charge on any atom is 0.241 e. The number of aromatic nitrogens is 1. The molecule has 0 radical (unpaired) electrons. The Hall–Kier alpha value is -2.24. The van der Waals surface area contributed by atoms with Crippen molar-refractivity contribution in [1.29, 1.82) is 0 Å². The molecular weight excluding hydrogens is 366 g/mol. The van der Waals surface area contributed by atoms with Gasteiger partial charge in [-0.05, 0) is 56.5 Å². The van der Waals surface area contributed by atoms with Crippen LogP contribution in [0.1, 0.15) is 42.8 Å². The molecule has 1 aromatic heterocycles. The minimum absolute atomic E-state index is 0.213. The largest absolute Gasteiger partial charge is 0.308 e. The second kappa shape index (κ2) is 7.30. The van der Waals surface area contributed by atoms with Crippen LogP contribution in [0.25, 0.3) is 10.2 Å². The molecule has 2 aliphatic rings. The van der Waals surface area contributed by atoms with Crippen molar-refractivity contribution >= 4 is 33.1 Å². The van der Waals surface area contributed by atoms with Crippen LogP contribution in [0.2, 0.25) is 0 Å². The van der Waals surface area contributed by atoms with Crippen molar-refractivity contribution in [3.8, 4) is 0 Å². The summed E-state index contributed by atoms with van der Waals surface area (Å²) in [5.74, 6) is 0.213. The predicted molar refractivity (Wildman–Crippen MR) is 115 cm³/mol. The van der Waals surface area contributed by atoms with Gasteiger partial charge in [-0.3, -0.25) is 9.69 Å². The second-order valence-electron chi connectivity index (χ2n) is 7.95. The number of hydrogen-bond donors (Lipinski definition) is 0. The van der Waals surface area contributed by atoms with Gasteiger partial charge < -0.3 is 4.90 Å². The summed E-state index contributed by atoms with van der Waals surface area (Å²) in [7, 11) is 0. The van der Waals surface area contributed by atoms with E-state index in [2.05, 4.69) is 48.2 Å². The second-order valence-corrected chi connectivity index (χ2v) is 9.01. The van der Waals surface area contributed by atoms with Crippen molar-refractivity contribution in [2.24, 2.45) is 0 Å². The number of piperidine rings is 1. The van der Waals surface area contributed by atoms with Gasteiger partial charge in [0.2, 0.25) is 5.91 Å². The molecule has 4 nitrogen and oxygen atoms in total. The number of thiazole rings is 1. The first-order valence-electron chi connectivity index (χ1n) is 10.2. The van der Waals surface area contributed by atoms with Crippen molar-refractivity contribution in [3.05, 3.63) is 59.1 Å². The van der Waals surface area contributed by atoms with E-state index >= 15 is 0 Å². The van der Waals surface area contributed by atoms with Crippen LogP contribution in [0, 0.1) is 0 Å². The van der Waals surface area contributed by atoms with E-state index in [9.17, 15) is 4.79 Å². The first-order chi connectivity index (χ1) is 13.7. The van der Waals surface area contributed by atoms with E-state index in [4.69, 9.17) is 4.98 Å². The van der Waals surface area contributed by atoms with Crippen molar-refractivity contribution in [1.82, 2.24) is 9.88 Å². The SMILES string of the molecule is C[C@@H]1Cc2ccccc2N1C(=O)CN1CCCC[C@H]1c1nc2ccccc2s1. The van der Waals surface area contributed by atoms with Crippen LogP contribution in [-0.4, -0.2) is 34.9 Å². The summed E-state index contributed by atoms with van der Waals surface area (Å²) in [6, 6.07) is 17.1. The van der Waals surface area contributed by atoms with Gasteiger partial charge in [0.25, 0.3) is 0 Å². The molecule has 144 valence electrons. The Morgan fingerprint density at radius 2 is 1.96 bits per heavy atom. The molecule has 0 N–H and O–H groups in total. The van der Waals surface area contributed by atoms with Crippen molar-refractivity contribution < 1.29 is 4.79 Å². The highest BCUT2D eigenvalue weighted by Crippen LogP contribution is 2.37. The molecule has 2 aromatic carbocycles. The maximum atomic E-state index is 13.3. The number of amides is 1. The van der Waals surface area contributed by atoms with Gasteiger partial charge in [-0.2, -0.15) is 0 Å². The third-order valence-corrected chi connectivity index (χ3v) is 7.16. The van der Waals surface area contributed by atoms with Gasteiger partial charge in [0, 0.05) is 11.7 Å². The van der Waals surface area contributed by atoms with Crippen LogP contribution in [0.4, 0.5) is 5.69 Å². The van der Waals surface area contributed by atoms with Gasteiger partial charge in [0.15, 0.2) is 0 Å². The quantitative estimate of drug-likeness (QED) is 0.643. The summed E-state index contributed by atoms with van der Waals surface area (Å²) in [4.78, 5) is 22.6. The van der Waals surface area contributed by atoms with Crippen LogP contribution < -0.4 is 4.90 Å². The lowest BCUT2D eigenvalue weighted by molar-refractivity contribution is -0.121. The van der Waals surface area contributed by atoms with E-state index in [1.807, 2.05) is 17.0 Å². The van der Waals surface area contributed by atoms with Gasteiger partial charge in [-0.25, -0.2) is 4.98 Å². The zero-order chi connectivity index (χ0) is 19.1. The van der Waals surface area contributed by atoms with Crippen LogP contribution in [-0.2, 0) is 11.2 Å². The molecule has 0 unspecified atom stereocenters. The number of hydrogen-bond acceptors (Lipinski definition) is 4. The molecule has 0 spiro atoms. The molecule has 1 amide bonds. The number of carbonyl (C=O) groups is 1.